The van der Waals surface area contributed by atoms with E-state index in [-0.39, 0.29) is 35.4 Å². The summed E-state index contributed by atoms with van der Waals surface area (Å²) in [6.45, 7) is 0.698. The molecule has 0 aromatic heterocycles. The molecule has 4 rings (SSSR count). The SMILES string of the molecule is N#CC1CN(S(=O)(=O)c2cccc(C(=O)N3CCC[C@@H]3C(=O)Nc3cccc(Cl)c3)c2)C1. The van der Waals surface area contributed by atoms with Crippen molar-refractivity contribution in [1.29, 1.82) is 5.26 Å². The maximum absolute atomic E-state index is 13.2. The van der Waals surface area contributed by atoms with Gasteiger partial charge in [-0.25, -0.2) is 8.42 Å². The van der Waals surface area contributed by atoms with Crippen LogP contribution in [0.3, 0.4) is 0 Å². The Balaban J connectivity index is 1.50. The number of likely N-dealkylation sites (tertiary alicyclic amines) is 1. The molecule has 2 aromatic rings. The molecule has 2 fully saturated rings. The molecule has 0 spiro atoms. The van der Waals surface area contributed by atoms with Gasteiger partial charge in [0, 0.05) is 35.9 Å². The minimum Gasteiger partial charge on any atom is -0.327 e. The average molecular weight is 473 g/mol. The number of carbonyl (C=O) groups excluding carboxylic acids is 2. The van der Waals surface area contributed by atoms with Crippen LogP contribution in [0.15, 0.2) is 53.4 Å². The van der Waals surface area contributed by atoms with Crippen molar-refractivity contribution in [2.75, 3.05) is 25.0 Å². The van der Waals surface area contributed by atoms with Crippen LogP contribution in [-0.4, -0.2) is 55.1 Å². The van der Waals surface area contributed by atoms with E-state index >= 15 is 0 Å². The first-order valence-corrected chi connectivity index (χ1v) is 12.0. The number of amides is 2. The Bertz CT molecular complexity index is 1200. The molecule has 2 heterocycles. The normalized spacial score (nSPS) is 19.2. The lowest BCUT2D eigenvalue weighted by Crippen LogP contribution is -2.49. The van der Waals surface area contributed by atoms with Crippen molar-refractivity contribution in [3.63, 3.8) is 0 Å². The van der Waals surface area contributed by atoms with Crippen LogP contribution in [0.2, 0.25) is 5.02 Å². The first kappa shape index (κ1) is 22.3. The molecule has 0 aliphatic carbocycles. The Kier molecular flexibility index (Phi) is 6.20. The Morgan fingerprint density at radius 1 is 1.12 bits per heavy atom. The monoisotopic (exact) mass is 472 g/mol. The van der Waals surface area contributed by atoms with Crippen LogP contribution < -0.4 is 5.32 Å². The Hall–Kier alpha value is -2.93. The first-order valence-electron chi connectivity index (χ1n) is 10.2. The standard InChI is InChI=1S/C22H21ClN4O4S/c23-17-5-2-6-18(11-17)25-21(28)20-8-3-9-27(20)22(29)16-4-1-7-19(10-16)32(30,31)26-13-15(12-24)14-26/h1-2,4-7,10-11,15,20H,3,8-9,13-14H2,(H,25,28)/t20-/m1/s1. The molecule has 166 valence electrons. The predicted octanol–water partition coefficient (Wildman–Crippen LogP) is 2.73. The summed E-state index contributed by atoms with van der Waals surface area (Å²) in [5, 5.41) is 12.2. The summed E-state index contributed by atoms with van der Waals surface area (Å²) in [5.74, 6) is -1.02. The molecular weight excluding hydrogens is 452 g/mol. The second-order valence-electron chi connectivity index (χ2n) is 7.83. The van der Waals surface area contributed by atoms with Gasteiger partial charge in [0.15, 0.2) is 0 Å². The lowest BCUT2D eigenvalue weighted by molar-refractivity contribution is -0.119. The molecule has 32 heavy (non-hydrogen) atoms. The van der Waals surface area contributed by atoms with Crippen LogP contribution in [0.4, 0.5) is 5.69 Å². The van der Waals surface area contributed by atoms with Crippen LogP contribution >= 0.6 is 11.6 Å². The fourth-order valence-electron chi connectivity index (χ4n) is 3.89. The molecule has 1 N–H and O–H groups in total. The lowest BCUT2D eigenvalue weighted by Gasteiger charge is -2.34. The summed E-state index contributed by atoms with van der Waals surface area (Å²) in [6, 6.07) is 14.0. The third-order valence-electron chi connectivity index (χ3n) is 5.66. The van der Waals surface area contributed by atoms with E-state index in [9.17, 15) is 18.0 Å². The van der Waals surface area contributed by atoms with Gasteiger partial charge in [0.05, 0.1) is 16.9 Å². The van der Waals surface area contributed by atoms with Gasteiger partial charge in [-0.05, 0) is 49.2 Å². The van der Waals surface area contributed by atoms with Gasteiger partial charge in [-0.2, -0.15) is 9.57 Å². The van der Waals surface area contributed by atoms with Crippen molar-refractivity contribution in [3.05, 3.63) is 59.1 Å². The van der Waals surface area contributed by atoms with Gasteiger partial charge in [0.25, 0.3) is 5.91 Å². The van der Waals surface area contributed by atoms with Gasteiger partial charge in [-0.1, -0.05) is 23.7 Å². The van der Waals surface area contributed by atoms with Crippen LogP contribution in [-0.2, 0) is 14.8 Å². The second kappa shape index (κ2) is 8.90. The number of anilines is 1. The highest BCUT2D eigenvalue weighted by atomic mass is 35.5. The van der Waals surface area contributed by atoms with Crippen molar-refractivity contribution in [2.24, 2.45) is 5.92 Å². The first-order chi connectivity index (χ1) is 15.3. The van der Waals surface area contributed by atoms with Crippen molar-refractivity contribution in [2.45, 2.75) is 23.8 Å². The number of rotatable bonds is 5. The van der Waals surface area contributed by atoms with Gasteiger partial charge in [0.2, 0.25) is 15.9 Å². The van der Waals surface area contributed by atoms with Crippen LogP contribution in [0.5, 0.6) is 0 Å². The molecule has 1 atom stereocenters. The van der Waals surface area contributed by atoms with E-state index in [1.165, 1.54) is 27.4 Å². The van der Waals surface area contributed by atoms with E-state index in [4.69, 9.17) is 16.9 Å². The fraction of sp³-hybridized carbons (Fsp3) is 0.318. The number of hydrogen-bond donors (Lipinski definition) is 1. The van der Waals surface area contributed by atoms with Gasteiger partial charge in [0.1, 0.15) is 6.04 Å². The smallest absolute Gasteiger partial charge is 0.254 e. The molecule has 0 radical (unpaired) electrons. The van der Waals surface area contributed by atoms with E-state index in [1.54, 1.807) is 30.3 Å². The summed E-state index contributed by atoms with van der Waals surface area (Å²) in [4.78, 5) is 27.5. The summed E-state index contributed by atoms with van der Waals surface area (Å²) in [5.41, 5.74) is 0.742. The fourth-order valence-corrected chi connectivity index (χ4v) is 5.66. The molecule has 8 nitrogen and oxygen atoms in total. The number of nitrogens with zero attached hydrogens (tertiary/aromatic N) is 3. The number of nitriles is 1. The number of carbonyl (C=O) groups is 2. The van der Waals surface area contributed by atoms with E-state index in [0.717, 1.165) is 0 Å². The molecule has 0 unspecified atom stereocenters. The molecule has 10 heteroatoms. The van der Waals surface area contributed by atoms with E-state index in [2.05, 4.69) is 5.32 Å². The molecule has 2 amide bonds. The maximum Gasteiger partial charge on any atom is 0.254 e. The Morgan fingerprint density at radius 2 is 1.88 bits per heavy atom. The highest BCUT2D eigenvalue weighted by Gasteiger charge is 2.38. The van der Waals surface area contributed by atoms with Crippen molar-refractivity contribution >= 4 is 39.1 Å². The Labute approximate surface area is 191 Å². The van der Waals surface area contributed by atoms with E-state index in [1.807, 2.05) is 6.07 Å². The maximum atomic E-state index is 13.2. The average Bonchev–Trinajstić information content (AvgIpc) is 3.22. The zero-order valence-electron chi connectivity index (χ0n) is 17.1. The van der Waals surface area contributed by atoms with Gasteiger partial charge in [-0.15, -0.1) is 0 Å². The topological polar surface area (TPSA) is 111 Å². The molecular formula is C22H21ClN4O4S. The molecule has 0 saturated carbocycles. The second-order valence-corrected chi connectivity index (χ2v) is 10.2. The minimum atomic E-state index is -3.78. The number of halogens is 1. The molecule has 0 bridgehead atoms. The number of benzene rings is 2. The Morgan fingerprint density at radius 3 is 2.59 bits per heavy atom. The van der Waals surface area contributed by atoms with Gasteiger partial charge >= 0.3 is 0 Å². The highest BCUT2D eigenvalue weighted by molar-refractivity contribution is 7.89. The van der Waals surface area contributed by atoms with Crippen LogP contribution in [0, 0.1) is 17.2 Å². The number of sulfonamides is 1. The van der Waals surface area contributed by atoms with Crippen LogP contribution in [0.1, 0.15) is 23.2 Å². The van der Waals surface area contributed by atoms with Gasteiger partial charge < -0.3 is 10.2 Å². The van der Waals surface area contributed by atoms with Crippen LogP contribution in [0.25, 0.3) is 0 Å². The zero-order valence-corrected chi connectivity index (χ0v) is 18.6. The van der Waals surface area contributed by atoms with Gasteiger partial charge in [-0.3, -0.25) is 9.59 Å². The van der Waals surface area contributed by atoms with E-state index < -0.39 is 22.0 Å². The predicted molar refractivity (Wildman–Crippen MR) is 118 cm³/mol. The molecule has 2 aromatic carbocycles. The summed E-state index contributed by atoms with van der Waals surface area (Å²) < 4.78 is 26.8. The largest absolute Gasteiger partial charge is 0.327 e. The summed E-state index contributed by atoms with van der Waals surface area (Å²) in [7, 11) is -3.78. The van der Waals surface area contributed by atoms with Crippen molar-refractivity contribution < 1.29 is 18.0 Å². The quantitative estimate of drug-likeness (QED) is 0.719. The van der Waals surface area contributed by atoms with Crippen molar-refractivity contribution in [1.82, 2.24) is 9.21 Å². The third-order valence-corrected chi connectivity index (χ3v) is 7.72. The lowest BCUT2D eigenvalue weighted by atomic mass is 10.1. The minimum absolute atomic E-state index is 0.00105. The molecule has 2 aliphatic rings. The summed E-state index contributed by atoms with van der Waals surface area (Å²) in [6.07, 6.45) is 1.18. The molecule has 2 aliphatic heterocycles. The highest BCUT2D eigenvalue weighted by Crippen LogP contribution is 2.27. The molecule has 2 saturated heterocycles. The zero-order chi connectivity index (χ0) is 22.9. The van der Waals surface area contributed by atoms with E-state index in [0.29, 0.717) is 30.1 Å². The van der Waals surface area contributed by atoms with Crippen molar-refractivity contribution in [3.8, 4) is 6.07 Å². The third kappa shape index (κ3) is 4.35. The summed E-state index contributed by atoms with van der Waals surface area (Å²) >= 11 is 5.97. The number of nitrogens with one attached hydrogen (secondary N) is 1. The number of hydrogen-bond acceptors (Lipinski definition) is 5.